The maximum absolute atomic E-state index is 14.1. The van der Waals surface area contributed by atoms with Gasteiger partial charge in [-0.3, -0.25) is 0 Å². The molecule has 1 fully saturated rings. The van der Waals surface area contributed by atoms with Crippen LogP contribution in [0.2, 0.25) is 0 Å². The molecular formula is C22H27FN2O4. The topological polar surface area (TPSA) is 71.0 Å². The molecule has 1 saturated heterocycles. The van der Waals surface area contributed by atoms with E-state index < -0.39 is 6.04 Å². The molecule has 7 heteroatoms. The second kappa shape index (κ2) is 10.3. The van der Waals surface area contributed by atoms with Gasteiger partial charge in [0.1, 0.15) is 12.4 Å². The number of carbonyl (C=O) groups is 1. The van der Waals surface area contributed by atoms with Crippen molar-refractivity contribution in [1.82, 2.24) is 10.2 Å². The lowest BCUT2D eigenvalue weighted by Crippen LogP contribution is -2.53. The van der Waals surface area contributed by atoms with Gasteiger partial charge < -0.3 is 24.8 Å². The van der Waals surface area contributed by atoms with Gasteiger partial charge in [0.25, 0.3) is 0 Å². The number of aliphatic hydroxyl groups excluding tert-OH is 1. The first-order valence-electron chi connectivity index (χ1n) is 9.77. The van der Waals surface area contributed by atoms with Crippen LogP contribution in [0.5, 0.6) is 0 Å². The van der Waals surface area contributed by atoms with Crippen LogP contribution in [0, 0.1) is 5.82 Å². The van der Waals surface area contributed by atoms with Crippen molar-refractivity contribution in [3.8, 4) is 0 Å². The Morgan fingerprint density at radius 1 is 1.28 bits per heavy atom. The monoisotopic (exact) mass is 402 g/mol. The fourth-order valence-electron chi connectivity index (χ4n) is 3.38. The number of morpholine rings is 1. The molecule has 3 rings (SSSR count). The molecule has 2 aromatic rings. The number of ether oxygens (including phenoxy) is 2. The number of hydrogen-bond acceptors (Lipinski definition) is 5. The van der Waals surface area contributed by atoms with Gasteiger partial charge >= 0.3 is 6.09 Å². The Bertz CT molecular complexity index is 789. The number of nitrogens with one attached hydrogen (secondary N) is 1. The summed E-state index contributed by atoms with van der Waals surface area (Å²) in [5, 5.41) is 12.9. The van der Waals surface area contributed by atoms with Crippen molar-refractivity contribution in [2.45, 2.75) is 31.7 Å². The van der Waals surface area contributed by atoms with Crippen molar-refractivity contribution in [3.05, 3.63) is 71.5 Å². The van der Waals surface area contributed by atoms with E-state index in [1.807, 2.05) is 37.3 Å². The largest absolute Gasteiger partial charge is 0.445 e. The molecule has 1 aliphatic rings. The highest BCUT2D eigenvalue weighted by molar-refractivity contribution is 5.67. The number of hydrogen-bond donors (Lipinski definition) is 2. The van der Waals surface area contributed by atoms with E-state index in [-0.39, 0.29) is 37.3 Å². The molecule has 0 aliphatic carbocycles. The first-order chi connectivity index (χ1) is 14.1. The zero-order valence-electron chi connectivity index (χ0n) is 16.5. The van der Waals surface area contributed by atoms with Crippen LogP contribution in [0.15, 0.2) is 54.6 Å². The molecule has 3 atom stereocenters. The van der Waals surface area contributed by atoms with Gasteiger partial charge in [-0.2, -0.15) is 0 Å². The van der Waals surface area contributed by atoms with Gasteiger partial charge in [0, 0.05) is 18.2 Å². The minimum atomic E-state index is -0.560. The van der Waals surface area contributed by atoms with Crippen molar-refractivity contribution in [1.29, 1.82) is 0 Å². The molecule has 1 aliphatic heterocycles. The number of amides is 1. The molecule has 2 N–H and O–H groups in total. The van der Waals surface area contributed by atoms with E-state index in [0.29, 0.717) is 25.3 Å². The molecule has 156 valence electrons. The summed E-state index contributed by atoms with van der Waals surface area (Å²) in [6.07, 6.45) is -0.684. The number of halogens is 1. The van der Waals surface area contributed by atoms with Crippen LogP contribution < -0.4 is 5.32 Å². The van der Waals surface area contributed by atoms with Gasteiger partial charge in [-0.15, -0.1) is 0 Å². The Balaban J connectivity index is 1.55. The highest BCUT2D eigenvalue weighted by atomic mass is 19.1. The van der Waals surface area contributed by atoms with Gasteiger partial charge in [0.05, 0.1) is 31.9 Å². The Morgan fingerprint density at radius 2 is 2.00 bits per heavy atom. The maximum atomic E-state index is 14.1. The predicted molar refractivity (Wildman–Crippen MR) is 107 cm³/mol. The van der Waals surface area contributed by atoms with Crippen LogP contribution >= 0.6 is 0 Å². The van der Waals surface area contributed by atoms with Crippen molar-refractivity contribution in [2.24, 2.45) is 0 Å². The van der Waals surface area contributed by atoms with E-state index in [4.69, 9.17) is 9.47 Å². The molecule has 1 amide bonds. The lowest BCUT2D eigenvalue weighted by Gasteiger charge is -2.36. The van der Waals surface area contributed by atoms with Crippen LogP contribution in [-0.2, 0) is 16.1 Å². The third kappa shape index (κ3) is 5.76. The van der Waals surface area contributed by atoms with Crippen LogP contribution in [0.3, 0.4) is 0 Å². The molecule has 2 aromatic carbocycles. The molecule has 0 radical (unpaired) electrons. The third-order valence-electron chi connectivity index (χ3n) is 5.04. The average Bonchev–Trinajstić information content (AvgIpc) is 2.77. The smallest absolute Gasteiger partial charge is 0.410 e. The van der Waals surface area contributed by atoms with E-state index in [0.717, 1.165) is 5.56 Å². The van der Waals surface area contributed by atoms with E-state index in [1.54, 1.807) is 23.1 Å². The summed E-state index contributed by atoms with van der Waals surface area (Å²) in [5.41, 5.74) is 1.33. The Labute approximate surface area is 170 Å². The SMILES string of the molecule is CC(NC(CO)c1ccccc1F)C1CN(C(=O)OCc2ccccc2)CCO1. The van der Waals surface area contributed by atoms with Gasteiger partial charge in [-0.05, 0) is 18.6 Å². The summed E-state index contributed by atoms with van der Waals surface area (Å²) in [5.74, 6) is -0.373. The second-order valence-corrected chi connectivity index (χ2v) is 7.11. The first-order valence-corrected chi connectivity index (χ1v) is 9.77. The molecule has 0 saturated carbocycles. The van der Waals surface area contributed by atoms with Gasteiger partial charge in [0.2, 0.25) is 0 Å². The number of benzene rings is 2. The van der Waals surface area contributed by atoms with E-state index in [9.17, 15) is 14.3 Å². The molecule has 29 heavy (non-hydrogen) atoms. The van der Waals surface area contributed by atoms with E-state index in [2.05, 4.69) is 5.32 Å². The van der Waals surface area contributed by atoms with Crippen LogP contribution in [0.25, 0.3) is 0 Å². The van der Waals surface area contributed by atoms with Crippen molar-refractivity contribution >= 4 is 6.09 Å². The number of nitrogens with zero attached hydrogens (tertiary/aromatic N) is 1. The molecular weight excluding hydrogens is 375 g/mol. The normalized spacial score (nSPS) is 18.9. The van der Waals surface area contributed by atoms with Crippen LogP contribution in [-0.4, -0.2) is 54.5 Å². The molecule has 1 heterocycles. The lowest BCUT2D eigenvalue weighted by molar-refractivity contribution is -0.0442. The maximum Gasteiger partial charge on any atom is 0.410 e. The zero-order valence-corrected chi connectivity index (χ0v) is 16.5. The molecule has 0 bridgehead atoms. The highest BCUT2D eigenvalue weighted by Crippen LogP contribution is 2.19. The van der Waals surface area contributed by atoms with Crippen molar-refractivity contribution in [2.75, 3.05) is 26.3 Å². The Morgan fingerprint density at radius 3 is 2.72 bits per heavy atom. The van der Waals surface area contributed by atoms with Crippen LogP contribution in [0.1, 0.15) is 24.1 Å². The molecule has 0 spiro atoms. The summed E-state index contributed by atoms with van der Waals surface area (Å²) in [7, 11) is 0. The summed E-state index contributed by atoms with van der Waals surface area (Å²) in [6.45, 7) is 3.06. The Hall–Kier alpha value is -2.48. The van der Waals surface area contributed by atoms with Crippen LogP contribution in [0.4, 0.5) is 9.18 Å². The number of aliphatic hydroxyl groups is 1. The van der Waals surface area contributed by atoms with E-state index >= 15 is 0 Å². The molecule has 3 unspecified atom stereocenters. The lowest BCUT2D eigenvalue weighted by atomic mass is 10.0. The van der Waals surface area contributed by atoms with Gasteiger partial charge in [-0.25, -0.2) is 9.18 Å². The third-order valence-corrected chi connectivity index (χ3v) is 5.04. The summed E-state index contributed by atoms with van der Waals surface area (Å²) >= 11 is 0. The fraction of sp³-hybridized carbons (Fsp3) is 0.409. The minimum Gasteiger partial charge on any atom is -0.445 e. The summed E-state index contributed by atoms with van der Waals surface area (Å²) < 4.78 is 25.3. The zero-order chi connectivity index (χ0) is 20.6. The molecule has 6 nitrogen and oxygen atoms in total. The van der Waals surface area contributed by atoms with Crippen molar-refractivity contribution < 1.29 is 23.8 Å². The number of carbonyl (C=O) groups excluding carboxylic acids is 1. The fourth-order valence-corrected chi connectivity index (χ4v) is 3.38. The number of rotatable bonds is 7. The van der Waals surface area contributed by atoms with Crippen molar-refractivity contribution in [3.63, 3.8) is 0 Å². The minimum absolute atomic E-state index is 0.212. The first kappa shape index (κ1) is 21.2. The predicted octanol–water partition coefficient (Wildman–Crippen LogP) is 2.87. The highest BCUT2D eigenvalue weighted by Gasteiger charge is 2.30. The summed E-state index contributed by atoms with van der Waals surface area (Å²) in [6, 6.07) is 15.1. The Kier molecular flexibility index (Phi) is 7.57. The van der Waals surface area contributed by atoms with Gasteiger partial charge in [0.15, 0.2) is 0 Å². The second-order valence-electron chi connectivity index (χ2n) is 7.11. The average molecular weight is 402 g/mol. The molecule has 0 aromatic heterocycles. The quantitative estimate of drug-likeness (QED) is 0.745. The van der Waals surface area contributed by atoms with E-state index in [1.165, 1.54) is 6.07 Å². The standard InChI is InChI=1S/C22H27FN2O4/c1-16(24-20(14-26)18-9-5-6-10-19(18)23)21-13-25(11-12-28-21)22(27)29-15-17-7-3-2-4-8-17/h2-10,16,20-21,24,26H,11-15H2,1H3. The van der Waals surface area contributed by atoms with Gasteiger partial charge in [-0.1, -0.05) is 48.5 Å². The summed E-state index contributed by atoms with van der Waals surface area (Å²) in [4.78, 5) is 14.0.